The van der Waals surface area contributed by atoms with Crippen LogP contribution in [0.3, 0.4) is 0 Å². The molecule has 15 heavy (non-hydrogen) atoms. The van der Waals surface area contributed by atoms with Crippen LogP contribution in [-0.4, -0.2) is 20.4 Å². The number of halogens is 1. The van der Waals surface area contributed by atoms with E-state index in [9.17, 15) is 0 Å². The van der Waals surface area contributed by atoms with Gasteiger partial charge in [0.1, 0.15) is 5.52 Å². The lowest BCUT2D eigenvalue weighted by atomic mass is 10.3. The Balaban J connectivity index is 0.000000562. The number of nitrogens with zero attached hydrogens (tertiary/aromatic N) is 2. The number of fused-ring (bicyclic) bond motifs is 3. The molecule has 1 aromatic carbocycles. The fraction of sp³-hybridized carbons (Fsp3) is 0. The van der Waals surface area contributed by atoms with E-state index < -0.39 is 0 Å². The fourth-order valence-electron chi connectivity index (χ4n) is 1.41. The summed E-state index contributed by atoms with van der Waals surface area (Å²) in [5, 5.41) is 0.588. The Labute approximate surface area is 95.1 Å². The monoisotopic (exact) mass is 244 g/mol. The summed E-state index contributed by atoms with van der Waals surface area (Å²) < 4.78 is 1.05. The van der Waals surface area contributed by atoms with E-state index in [0.717, 1.165) is 21.3 Å². The second-order valence-corrected chi connectivity index (χ2v) is 3.80. The maximum absolute atomic E-state index is 5.62. The van der Waals surface area contributed by atoms with Gasteiger partial charge in [0.05, 0.1) is 22.1 Å². The summed E-state index contributed by atoms with van der Waals surface area (Å²) in [7, 11) is 0. The molecule has 0 saturated carbocycles. The molecule has 2 aromatic heterocycles. The number of H-pyrrole nitrogens is 1. The first kappa shape index (κ1) is 11.7. The molecule has 0 fully saturated rings. The lowest BCUT2D eigenvalue weighted by Crippen LogP contribution is -1.78. The largest absolute Gasteiger partial charge is 0.412 e. The summed E-state index contributed by atoms with van der Waals surface area (Å²) in [4.78, 5) is 11.5. The van der Waals surface area contributed by atoms with Gasteiger partial charge in [0, 0.05) is 0 Å². The van der Waals surface area contributed by atoms with Crippen molar-refractivity contribution in [3.8, 4) is 0 Å². The first-order valence-electron chi connectivity index (χ1n) is 3.83. The van der Waals surface area contributed by atoms with Crippen LogP contribution in [0.5, 0.6) is 0 Å². The van der Waals surface area contributed by atoms with Crippen molar-refractivity contribution >= 4 is 50.1 Å². The Hall–Kier alpha value is -1.37. The van der Waals surface area contributed by atoms with Gasteiger partial charge in [-0.25, -0.2) is 9.97 Å². The lowest BCUT2D eigenvalue weighted by Gasteiger charge is -1.87. The highest BCUT2D eigenvalue weighted by molar-refractivity contribution is 7.22. The van der Waals surface area contributed by atoms with Gasteiger partial charge in [0.2, 0.25) is 0 Å². The second-order valence-electron chi connectivity index (χ2n) is 2.76. The zero-order valence-electron chi connectivity index (χ0n) is 7.52. The SMILES string of the molecule is Cl.Nc1nc2ccc3[nH]cnc3c2s1.O. The number of nitrogens with two attached hydrogens (primary N) is 1. The van der Waals surface area contributed by atoms with Gasteiger partial charge in [-0.1, -0.05) is 11.3 Å². The molecule has 80 valence electrons. The molecule has 2 heterocycles. The van der Waals surface area contributed by atoms with Gasteiger partial charge in [-0.15, -0.1) is 12.4 Å². The molecule has 0 amide bonds. The van der Waals surface area contributed by atoms with Gasteiger partial charge in [-0.3, -0.25) is 0 Å². The number of nitrogen functional groups attached to an aromatic ring is 1. The number of thiazole rings is 1. The number of nitrogens with one attached hydrogen (secondary N) is 1. The van der Waals surface area contributed by atoms with Crippen LogP contribution in [0.15, 0.2) is 18.5 Å². The average Bonchev–Trinajstić information content (AvgIpc) is 2.65. The zero-order valence-corrected chi connectivity index (χ0v) is 9.15. The molecule has 7 heteroatoms. The van der Waals surface area contributed by atoms with Crippen LogP contribution in [0.1, 0.15) is 0 Å². The molecule has 0 saturated heterocycles. The van der Waals surface area contributed by atoms with E-state index in [1.807, 2.05) is 12.1 Å². The van der Waals surface area contributed by atoms with Gasteiger partial charge in [0.25, 0.3) is 0 Å². The van der Waals surface area contributed by atoms with E-state index in [4.69, 9.17) is 5.73 Å². The fourth-order valence-corrected chi connectivity index (χ4v) is 2.24. The summed E-state index contributed by atoms with van der Waals surface area (Å²) in [5.74, 6) is 0. The number of benzene rings is 1. The predicted molar refractivity (Wildman–Crippen MR) is 64.5 cm³/mol. The third-order valence-corrected chi connectivity index (χ3v) is 2.87. The van der Waals surface area contributed by atoms with Crippen molar-refractivity contribution in [1.82, 2.24) is 15.0 Å². The first-order valence-corrected chi connectivity index (χ1v) is 4.64. The smallest absolute Gasteiger partial charge is 0.181 e. The maximum Gasteiger partial charge on any atom is 0.181 e. The minimum absolute atomic E-state index is 0. The Bertz CT molecular complexity index is 590. The molecule has 3 rings (SSSR count). The van der Waals surface area contributed by atoms with Crippen molar-refractivity contribution in [1.29, 1.82) is 0 Å². The van der Waals surface area contributed by atoms with E-state index >= 15 is 0 Å². The topological polar surface area (TPSA) is 99.1 Å². The van der Waals surface area contributed by atoms with E-state index in [1.165, 1.54) is 11.3 Å². The Kier molecular flexibility index (Phi) is 3.13. The predicted octanol–water partition coefficient (Wildman–Crippen LogP) is 1.35. The maximum atomic E-state index is 5.62. The quantitative estimate of drug-likeness (QED) is 0.624. The normalized spacial score (nSPS) is 9.87. The molecule has 0 spiro atoms. The Morgan fingerprint density at radius 3 is 2.93 bits per heavy atom. The minimum Gasteiger partial charge on any atom is -0.412 e. The van der Waals surface area contributed by atoms with Gasteiger partial charge >= 0.3 is 0 Å². The van der Waals surface area contributed by atoms with Crippen molar-refractivity contribution < 1.29 is 5.48 Å². The lowest BCUT2D eigenvalue weighted by molar-refractivity contribution is 0.824. The summed E-state index contributed by atoms with van der Waals surface area (Å²) >= 11 is 1.47. The highest BCUT2D eigenvalue weighted by atomic mass is 35.5. The molecular formula is C8H9ClN4OS. The van der Waals surface area contributed by atoms with Crippen molar-refractivity contribution in [2.45, 2.75) is 0 Å². The van der Waals surface area contributed by atoms with Crippen LogP contribution >= 0.6 is 23.7 Å². The molecule has 0 aliphatic carbocycles. The van der Waals surface area contributed by atoms with Crippen LogP contribution in [0.25, 0.3) is 21.3 Å². The van der Waals surface area contributed by atoms with Gasteiger partial charge in [-0.2, -0.15) is 0 Å². The third-order valence-electron chi connectivity index (χ3n) is 1.96. The van der Waals surface area contributed by atoms with E-state index in [2.05, 4.69) is 15.0 Å². The summed E-state index contributed by atoms with van der Waals surface area (Å²) in [6.45, 7) is 0. The van der Waals surface area contributed by atoms with Crippen molar-refractivity contribution in [2.75, 3.05) is 5.73 Å². The number of imidazole rings is 1. The number of aromatic amines is 1. The molecule has 3 aromatic rings. The number of rotatable bonds is 0. The van der Waals surface area contributed by atoms with Crippen molar-refractivity contribution in [2.24, 2.45) is 0 Å². The molecule has 5 N–H and O–H groups in total. The van der Waals surface area contributed by atoms with Gasteiger partial charge < -0.3 is 16.2 Å². The number of hydrogen-bond donors (Lipinski definition) is 2. The summed E-state index contributed by atoms with van der Waals surface area (Å²) in [6, 6.07) is 3.91. The molecule has 5 nitrogen and oxygen atoms in total. The molecule has 0 aliphatic heterocycles. The number of hydrogen-bond acceptors (Lipinski definition) is 4. The highest BCUT2D eigenvalue weighted by Crippen LogP contribution is 2.29. The Morgan fingerprint density at radius 2 is 2.13 bits per heavy atom. The highest BCUT2D eigenvalue weighted by Gasteiger charge is 2.06. The molecule has 0 radical (unpaired) electrons. The van der Waals surface area contributed by atoms with E-state index in [1.54, 1.807) is 6.33 Å². The number of anilines is 1. The zero-order chi connectivity index (χ0) is 8.84. The van der Waals surface area contributed by atoms with Crippen LogP contribution < -0.4 is 5.73 Å². The molecule has 0 aliphatic rings. The van der Waals surface area contributed by atoms with Crippen LogP contribution in [0.4, 0.5) is 5.13 Å². The van der Waals surface area contributed by atoms with E-state index in [-0.39, 0.29) is 17.9 Å². The molecule has 0 bridgehead atoms. The molecule has 0 unspecified atom stereocenters. The van der Waals surface area contributed by atoms with E-state index in [0.29, 0.717) is 5.13 Å². The number of aromatic nitrogens is 3. The van der Waals surface area contributed by atoms with Crippen LogP contribution in [-0.2, 0) is 0 Å². The summed E-state index contributed by atoms with van der Waals surface area (Å²) in [6.07, 6.45) is 1.68. The minimum atomic E-state index is 0. The summed E-state index contributed by atoms with van der Waals surface area (Å²) in [5.41, 5.74) is 8.51. The van der Waals surface area contributed by atoms with Gasteiger partial charge in [-0.05, 0) is 12.1 Å². The molecule has 0 atom stereocenters. The van der Waals surface area contributed by atoms with Crippen LogP contribution in [0.2, 0.25) is 0 Å². The standard InChI is InChI=1S/C8H6N4S.ClH.H2O/c9-8-12-5-2-1-4-6(7(5)13-8)11-3-10-4;;/h1-3H,(H2,9,12)(H,10,11);1H;1H2. The Morgan fingerprint density at radius 1 is 1.33 bits per heavy atom. The average molecular weight is 245 g/mol. The first-order chi connectivity index (χ1) is 6.34. The second kappa shape index (κ2) is 4.01. The van der Waals surface area contributed by atoms with Crippen molar-refractivity contribution in [3.05, 3.63) is 18.5 Å². The van der Waals surface area contributed by atoms with Crippen LogP contribution in [0, 0.1) is 0 Å². The van der Waals surface area contributed by atoms with Gasteiger partial charge in [0.15, 0.2) is 5.13 Å². The molecular weight excluding hydrogens is 236 g/mol. The third kappa shape index (κ3) is 1.63. The van der Waals surface area contributed by atoms with Crippen molar-refractivity contribution in [3.63, 3.8) is 0 Å².